The van der Waals surface area contributed by atoms with E-state index in [1.165, 1.54) is 7.11 Å². The summed E-state index contributed by atoms with van der Waals surface area (Å²) in [7, 11) is 1.36. The number of Topliss-reactive ketones (excluding diaryl/α,β-unsaturated/α-hetero) is 1. The lowest BCUT2D eigenvalue weighted by molar-refractivity contribution is -0.136. The van der Waals surface area contributed by atoms with Crippen LogP contribution in [0, 0.1) is 0 Å². The summed E-state index contributed by atoms with van der Waals surface area (Å²) < 4.78 is 6.97. The predicted molar refractivity (Wildman–Crippen MR) is 140 cm³/mol. The van der Waals surface area contributed by atoms with Crippen molar-refractivity contribution < 1.29 is 14.3 Å². The molecule has 0 bridgehead atoms. The van der Waals surface area contributed by atoms with E-state index in [0.29, 0.717) is 45.5 Å². The molecule has 0 unspecified atom stereocenters. The summed E-state index contributed by atoms with van der Waals surface area (Å²) in [6, 6.07) is 15.1. The minimum atomic E-state index is -0.592. The van der Waals surface area contributed by atoms with Crippen molar-refractivity contribution in [2.24, 2.45) is 0 Å². The number of hydrogen-bond donors (Lipinski definition) is 1. The van der Waals surface area contributed by atoms with Crippen LogP contribution in [0.5, 0.6) is 0 Å². The van der Waals surface area contributed by atoms with Gasteiger partial charge in [-0.25, -0.2) is 4.79 Å². The quantitative estimate of drug-likeness (QED) is 0.414. The number of ether oxygens (including phenoxy) is 1. The Kier molecular flexibility index (Phi) is 6.73. The molecule has 2 aromatic carbocycles. The first-order valence-corrected chi connectivity index (χ1v) is 12.5. The first-order chi connectivity index (χ1) is 17.4. The molecule has 5 rings (SSSR count). The van der Waals surface area contributed by atoms with E-state index >= 15 is 0 Å². The molecule has 1 N–H and O–H groups in total. The Labute approximate surface area is 219 Å². The highest BCUT2D eigenvalue weighted by atomic mass is 35.5. The topological polar surface area (TPSA) is 73.2 Å². The molecule has 2 aliphatic rings. The van der Waals surface area contributed by atoms with Crippen molar-refractivity contribution in [1.29, 1.82) is 0 Å². The number of methoxy groups -OCH3 is 1. The lowest BCUT2D eigenvalue weighted by atomic mass is 9.75. The van der Waals surface area contributed by atoms with Gasteiger partial charge in [-0.3, -0.25) is 9.48 Å². The van der Waals surface area contributed by atoms with Crippen molar-refractivity contribution in [1.82, 2.24) is 15.1 Å². The van der Waals surface area contributed by atoms with Crippen LogP contribution in [0.4, 0.5) is 0 Å². The van der Waals surface area contributed by atoms with Gasteiger partial charge in [-0.15, -0.1) is 0 Å². The maximum Gasteiger partial charge on any atom is 0.336 e. The molecule has 0 amide bonds. The van der Waals surface area contributed by atoms with Crippen LogP contribution in [0.2, 0.25) is 10.0 Å². The van der Waals surface area contributed by atoms with Crippen LogP contribution in [0.15, 0.2) is 77.3 Å². The minimum absolute atomic E-state index is 0.0372. The fourth-order valence-corrected chi connectivity index (χ4v) is 5.52. The van der Waals surface area contributed by atoms with Crippen molar-refractivity contribution >= 4 is 35.0 Å². The largest absolute Gasteiger partial charge is 0.466 e. The van der Waals surface area contributed by atoms with Crippen LogP contribution >= 0.6 is 23.2 Å². The highest BCUT2D eigenvalue weighted by molar-refractivity contribution is 6.35. The summed E-state index contributed by atoms with van der Waals surface area (Å²) in [5.41, 5.74) is 5.82. The molecule has 2 heterocycles. The van der Waals surface area contributed by atoms with E-state index in [1.54, 1.807) is 16.8 Å². The van der Waals surface area contributed by atoms with Crippen LogP contribution in [-0.2, 0) is 20.9 Å². The molecule has 36 heavy (non-hydrogen) atoms. The van der Waals surface area contributed by atoms with Gasteiger partial charge < -0.3 is 10.1 Å². The molecular weight excluding hydrogens is 497 g/mol. The number of carbonyl (C=O) groups is 2. The number of ketones is 1. The van der Waals surface area contributed by atoms with Crippen molar-refractivity contribution in [3.8, 4) is 11.3 Å². The van der Waals surface area contributed by atoms with Crippen LogP contribution in [0.3, 0.4) is 0 Å². The van der Waals surface area contributed by atoms with Crippen molar-refractivity contribution in [2.75, 3.05) is 7.11 Å². The number of rotatable bonds is 5. The number of dihydropyridines is 1. The Hall–Kier alpha value is -3.35. The molecule has 1 aliphatic heterocycles. The van der Waals surface area contributed by atoms with Crippen LogP contribution in [0.25, 0.3) is 11.3 Å². The molecule has 0 saturated carbocycles. The number of benzene rings is 2. The third-order valence-electron chi connectivity index (χ3n) is 6.68. The number of esters is 1. The van der Waals surface area contributed by atoms with E-state index in [1.807, 2.05) is 49.5 Å². The Bertz CT molecular complexity index is 1420. The molecule has 184 valence electrons. The first kappa shape index (κ1) is 24.3. The molecule has 0 saturated heterocycles. The Morgan fingerprint density at radius 2 is 1.94 bits per heavy atom. The van der Waals surface area contributed by atoms with Gasteiger partial charge in [0, 0.05) is 50.8 Å². The zero-order valence-electron chi connectivity index (χ0n) is 20.0. The van der Waals surface area contributed by atoms with Gasteiger partial charge in [0.05, 0.1) is 30.8 Å². The van der Waals surface area contributed by atoms with E-state index in [9.17, 15) is 9.59 Å². The fourth-order valence-electron chi connectivity index (χ4n) is 5.05. The molecule has 0 radical (unpaired) electrons. The van der Waals surface area contributed by atoms with Gasteiger partial charge in [-0.05, 0) is 37.5 Å². The maximum absolute atomic E-state index is 13.3. The van der Waals surface area contributed by atoms with E-state index in [0.717, 1.165) is 35.2 Å². The zero-order chi connectivity index (χ0) is 25.4. The molecule has 1 aliphatic carbocycles. The Balaban J connectivity index is 1.71. The Morgan fingerprint density at radius 3 is 2.67 bits per heavy atom. The lowest BCUT2D eigenvalue weighted by Gasteiger charge is -2.33. The third kappa shape index (κ3) is 4.47. The van der Waals surface area contributed by atoms with Gasteiger partial charge in [0.25, 0.3) is 0 Å². The standard InChI is InChI=1S/C28H25Cl2N3O3/c1-16-24(28(35)36-2)25(26-22(31-16)9-6-10-23(26)34)20-15-33(14-18-11-12-19(29)13-21(18)30)32-27(20)17-7-4-3-5-8-17/h3-5,7-8,11-13,15,25,31H,6,9-10,14H2,1-2H3/t25-/m1/s1. The number of nitrogens with one attached hydrogen (secondary N) is 1. The van der Waals surface area contributed by atoms with Gasteiger partial charge in [-0.2, -0.15) is 5.10 Å². The number of hydrogen-bond acceptors (Lipinski definition) is 5. The fraction of sp³-hybridized carbons (Fsp3) is 0.250. The average molecular weight is 522 g/mol. The molecule has 8 heteroatoms. The van der Waals surface area contributed by atoms with Crippen LogP contribution in [0.1, 0.15) is 43.2 Å². The Morgan fingerprint density at radius 1 is 1.17 bits per heavy atom. The predicted octanol–water partition coefficient (Wildman–Crippen LogP) is 6.05. The van der Waals surface area contributed by atoms with Crippen LogP contribution < -0.4 is 5.32 Å². The molecule has 0 spiro atoms. The molecule has 6 nitrogen and oxygen atoms in total. The monoisotopic (exact) mass is 521 g/mol. The SMILES string of the molecule is COC(=O)C1=C(C)NC2=C(C(=O)CCC2)[C@@H]1c1cn(Cc2ccc(Cl)cc2Cl)nc1-c1ccccc1. The molecule has 3 aromatic rings. The summed E-state index contributed by atoms with van der Waals surface area (Å²) >= 11 is 12.5. The van der Waals surface area contributed by atoms with Crippen molar-refractivity contribution in [3.05, 3.63) is 98.4 Å². The minimum Gasteiger partial charge on any atom is -0.466 e. The number of halogens is 2. The summed E-state index contributed by atoms with van der Waals surface area (Å²) in [5.74, 6) is -1.02. The molecule has 0 fully saturated rings. The van der Waals surface area contributed by atoms with Crippen molar-refractivity contribution in [2.45, 2.75) is 38.6 Å². The van der Waals surface area contributed by atoms with Crippen LogP contribution in [-0.4, -0.2) is 28.6 Å². The zero-order valence-corrected chi connectivity index (χ0v) is 21.5. The summed E-state index contributed by atoms with van der Waals surface area (Å²) in [4.78, 5) is 26.3. The van der Waals surface area contributed by atoms with E-state index in [2.05, 4.69) is 5.32 Å². The van der Waals surface area contributed by atoms with Gasteiger partial charge in [-0.1, -0.05) is 59.6 Å². The molecule has 1 aromatic heterocycles. The lowest BCUT2D eigenvalue weighted by Crippen LogP contribution is -2.34. The van der Waals surface area contributed by atoms with Gasteiger partial charge in [0.1, 0.15) is 0 Å². The highest BCUT2D eigenvalue weighted by Crippen LogP contribution is 2.45. The second kappa shape index (κ2) is 9.96. The van der Waals surface area contributed by atoms with Gasteiger partial charge >= 0.3 is 5.97 Å². The second-order valence-corrected chi connectivity index (χ2v) is 9.83. The summed E-state index contributed by atoms with van der Waals surface area (Å²) in [6.45, 7) is 2.25. The highest BCUT2D eigenvalue weighted by Gasteiger charge is 2.41. The third-order valence-corrected chi connectivity index (χ3v) is 7.26. The smallest absolute Gasteiger partial charge is 0.336 e. The summed E-state index contributed by atoms with van der Waals surface area (Å²) in [6.07, 6.45) is 3.88. The number of carbonyl (C=O) groups excluding carboxylic acids is 2. The number of aromatic nitrogens is 2. The molecular formula is C28H25Cl2N3O3. The maximum atomic E-state index is 13.3. The van der Waals surface area contributed by atoms with Gasteiger partial charge in [0.2, 0.25) is 0 Å². The number of allylic oxidation sites excluding steroid dienone is 3. The molecule has 1 atom stereocenters. The first-order valence-electron chi connectivity index (χ1n) is 11.8. The number of nitrogens with zero attached hydrogens (tertiary/aromatic N) is 2. The van der Waals surface area contributed by atoms with E-state index < -0.39 is 11.9 Å². The average Bonchev–Trinajstić information content (AvgIpc) is 3.28. The van der Waals surface area contributed by atoms with Gasteiger partial charge in [0.15, 0.2) is 5.78 Å². The second-order valence-electron chi connectivity index (χ2n) is 8.99. The van der Waals surface area contributed by atoms with E-state index in [4.69, 9.17) is 33.0 Å². The van der Waals surface area contributed by atoms with Crippen molar-refractivity contribution in [3.63, 3.8) is 0 Å². The summed E-state index contributed by atoms with van der Waals surface area (Å²) in [5, 5.41) is 9.33. The van der Waals surface area contributed by atoms with E-state index in [-0.39, 0.29) is 5.78 Å². The normalized spacial score (nSPS) is 17.7.